The number of nitrogens with one attached hydrogen (secondary N) is 1. The highest BCUT2D eigenvalue weighted by atomic mass is 79.9. The van der Waals surface area contributed by atoms with Gasteiger partial charge in [-0.05, 0) is 12.1 Å². The minimum Gasteiger partial charge on any atom is -0.468 e. The average molecular weight is 260 g/mol. The number of rotatable bonds is 6. The van der Waals surface area contributed by atoms with Gasteiger partial charge in [0, 0.05) is 18.1 Å². The molecule has 1 rings (SSSR count). The van der Waals surface area contributed by atoms with Crippen LogP contribution in [0.5, 0.6) is 0 Å². The van der Waals surface area contributed by atoms with E-state index < -0.39 is 0 Å². The summed E-state index contributed by atoms with van der Waals surface area (Å²) in [4.78, 5) is 0. The lowest BCUT2D eigenvalue weighted by molar-refractivity contribution is 0.159. The Hall–Kier alpha value is -0.580. The van der Waals surface area contributed by atoms with Crippen molar-refractivity contribution >= 4 is 15.9 Å². The van der Waals surface area contributed by atoms with Crippen LogP contribution in [0, 0.1) is 0 Å². The van der Waals surface area contributed by atoms with Crippen LogP contribution in [0.4, 0.5) is 0 Å². The molecule has 0 saturated carbocycles. The van der Waals surface area contributed by atoms with Crippen molar-refractivity contribution in [3.63, 3.8) is 0 Å². The summed E-state index contributed by atoms with van der Waals surface area (Å²) in [5, 5.41) is 3.26. The highest BCUT2D eigenvalue weighted by Crippen LogP contribution is 2.14. The van der Waals surface area contributed by atoms with Gasteiger partial charge in [-0.3, -0.25) is 0 Å². The molecular weight excluding hydrogens is 246 g/mol. The molecule has 0 aliphatic rings. The molecule has 1 heterocycles. The van der Waals surface area contributed by atoms with E-state index in [9.17, 15) is 0 Å². The normalized spacial score (nSPS) is 12.7. The highest BCUT2D eigenvalue weighted by molar-refractivity contribution is 9.11. The van der Waals surface area contributed by atoms with E-state index in [0.717, 1.165) is 10.2 Å². The first-order valence-electron chi connectivity index (χ1n) is 4.33. The van der Waals surface area contributed by atoms with Crippen LogP contribution in [0.1, 0.15) is 11.8 Å². The molecule has 14 heavy (non-hydrogen) atoms. The Morgan fingerprint density at radius 3 is 3.07 bits per heavy atom. The number of methoxy groups -OCH3 is 1. The Balaban J connectivity index is 2.51. The molecule has 0 amide bonds. The molecule has 0 radical (unpaired) electrons. The molecule has 4 heteroatoms. The molecule has 0 aliphatic heterocycles. The van der Waals surface area contributed by atoms with Gasteiger partial charge in [0.25, 0.3) is 0 Å². The van der Waals surface area contributed by atoms with Crippen LogP contribution >= 0.6 is 15.9 Å². The van der Waals surface area contributed by atoms with Crippen molar-refractivity contribution in [2.24, 2.45) is 0 Å². The van der Waals surface area contributed by atoms with Gasteiger partial charge in [-0.25, -0.2) is 0 Å². The van der Waals surface area contributed by atoms with E-state index in [-0.39, 0.29) is 6.04 Å². The quantitative estimate of drug-likeness (QED) is 0.853. The highest BCUT2D eigenvalue weighted by Gasteiger charge is 2.12. The van der Waals surface area contributed by atoms with Gasteiger partial charge in [0.2, 0.25) is 0 Å². The Bertz CT molecular complexity index is 272. The second-order valence-corrected chi connectivity index (χ2v) is 4.04. The van der Waals surface area contributed by atoms with Gasteiger partial charge in [-0.1, -0.05) is 22.5 Å². The van der Waals surface area contributed by atoms with Crippen molar-refractivity contribution in [3.8, 4) is 0 Å². The van der Waals surface area contributed by atoms with E-state index in [1.54, 1.807) is 13.4 Å². The number of halogens is 1. The van der Waals surface area contributed by atoms with Crippen molar-refractivity contribution in [2.75, 3.05) is 20.3 Å². The average Bonchev–Trinajstić information content (AvgIpc) is 2.64. The Morgan fingerprint density at radius 2 is 2.57 bits per heavy atom. The maximum Gasteiger partial charge on any atom is 0.123 e. The van der Waals surface area contributed by atoms with Gasteiger partial charge in [0.05, 0.1) is 18.9 Å². The van der Waals surface area contributed by atoms with Gasteiger partial charge in [0.1, 0.15) is 5.76 Å². The maximum absolute atomic E-state index is 5.29. The lowest BCUT2D eigenvalue weighted by Crippen LogP contribution is -2.25. The fourth-order valence-corrected chi connectivity index (χ4v) is 1.29. The van der Waals surface area contributed by atoms with Crippen LogP contribution < -0.4 is 5.32 Å². The van der Waals surface area contributed by atoms with Crippen molar-refractivity contribution in [1.82, 2.24) is 5.32 Å². The van der Waals surface area contributed by atoms with E-state index in [2.05, 4.69) is 27.8 Å². The Kier molecular flexibility index (Phi) is 4.93. The SMILES string of the molecule is C=C(Br)CN[C@H](COC)c1ccco1. The number of furan rings is 1. The van der Waals surface area contributed by atoms with Gasteiger partial charge >= 0.3 is 0 Å². The fourth-order valence-electron chi connectivity index (χ4n) is 1.13. The first-order chi connectivity index (χ1) is 6.74. The minimum atomic E-state index is 0.0734. The molecule has 1 N–H and O–H groups in total. The second kappa shape index (κ2) is 6.01. The standard InChI is InChI=1S/C10H14BrNO2/c1-8(11)6-12-9(7-13-2)10-4-3-5-14-10/h3-5,9,12H,1,6-7H2,2H3/t9-/m1/s1. The van der Waals surface area contributed by atoms with E-state index in [1.165, 1.54) is 0 Å². The molecule has 0 bridgehead atoms. The summed E-state index contributed by atoms with van der Waals surface area (Å²) in [5.74, 6) is 0.876. The summed E-state index contributed by atoms with van der Waals surface area (Å²) in [5.41, 5.74) is 0. The van der Waals surface area contributed by atoms with Crippen LogP contribution in [0.2, 0.25) is 0 Å². The number of hydrogen-bond donors (Lipinski definition) is 1. The molecule has 1 aromatic heterocycles. The zero-order valence-electron chi connectivity index (χ0n) is 8.13. The molecule has 3 nitrogen and oxygen atoms in total. The van der Waals surface area contributed by atoms with E-state index in [1.807, 2.05) is 12.1 Å². The topological polar surface area (TPSA) is 34.4 Å². The molecule has 0 aliphatic carbocycles. The molecule has 0 spiro atoms. The van der Waals surface area contributed by atoms with E-state index in [4.69, 9.17) is 9.15 Å². The minimum absolute atomic E-state index is 0.0734. The maximum atomic E-state index is 5.29. The van der Waals surface area contributed by atoms with Crippen LogP contribution in [-0.4, -0.2) is 20.3 Å². The molecule has 0 fully saturated rings. The molecule has 1 aromatic rings. The molecule has 1 atom stereocenters. The number of ether oxygens (including phenoxy) is 1. The number of hydrogen-bond acceptors (Lipinski definition) is 3. The van der Waals surface area contributed by atoms with Crippen molar-refractivity contribution < 1.29 is 9.15 Å². The summed E-state index contributed by atoms with van der Waals surface area (Å²) in [6, 6.07) is 3.86. The Labute approximate surface area is 92.3 Å². The van der Waals surface area contributed by atoms with Crippen LogP contribution in [0.15, 0.2) is 33.9 Å². The predicted molar refractivity (Wildman–Crippen MR) is 59.4 cm³/mol. The largest absolute Gasteiger partial charge is 0.468 e. The molecule has 0 saturated heterocycles. The second-order valence-electron chi connectivity index (χ2n) is 2.92. The smallest absolute Gasteiger partial charge is 0.123 e. The monoisotopic (exact) mass is 259 g/mol. The fraction of sp³-hybridized carbons (Fsp3) is 0.400. The predicted octanol–water partition coefficient (Wildman–Crippen LogP) is 2.47. The first-order valence-corrected chi connectivity index (χ1v) is 5.12. The van der Waals surface area contributed by atoms with Crippen molar-refractivity contribution in [2.45, 2.75) is 6.04 Å². The third kappa shape index (κ3) is 3.65. The molecular formula is C10H14BrNO2. The van der Waals surface area contributed by atoms with Crippen molar-refractivity contribution in [3.05, 3.63) is 35.2 Å². The molecule has 0 unspecified atom stereocenters. The molecule has 0 aromatic carbocycles. The zero-order valence-corrected chi connectivity index (χ0v) is 9.71. The summed E-state index contributed by atoms with van der Waals surface area (Å²) >= 11 is 3.29. The lowest BCUT2D eigenvalue weighted by Gasteiger charge is -2.14. The summed E-state index contributed by atoms with van der Waals surface area (Å²) in [7, 11) is 1.67. The van der Waals surface area contributed by atoms with Gasteiger partial charge in [-0.2, -0.15) is 0 Å². The Morgan fingerprint density at radius 1 is 1.79 bits per heavy atom. The first kappa shape index (κ1) is 11.5. The van der Waals surface area contributed by atoms with Crippen LogP contribution in [0.25, 0.3) is 0 Å². The third-order valence-electron chi connectivity index (χ3n) is 1.76. The van der Waals surface area contributed by atoms with Crippen LogP contribution in [-0.2, 0) is 4.74 Å². The molecule has 78 valence electrons. The lowest BCUT2D eigenvalue weighted by atomic mass is 10.2. The van der Waals surface area contributed by atoms with Crippen LogP contribution in [0.3, 0.4) is 0 Å². The summed E-state index contributed by atoms with van der Waals surface area (Å²) in [6.45, 7) is 5.02. The van der Waals surface area contributed by atoms with E-state index in [0.29, 0.717) is 13.2 Å². The van der Waals surface area contributed by atoms with Gasteiger partial charge in [-0.15, -0.1) is 0 Å². The van der Waals surface area contributed by atoms with Gasteiger partial charge < -0.3 is 14.5 Å². The summed E-state index contributed by atoms with van der Waals surface area (Å²) in [6.07, 6.45) is 1.66. The van der Waals surface area contributed by atoms with Crippen molar-refractivity contribution in [1.29, 1.82) is 0 Å². The van der Waals surface area contributed by atoms with Gasteiger partial charge in [0.15, 0.2) is 0 Å². The van der Waals surface area contributed by atoms with E-state index >= 15 is 0 Å². The third-order valence-corrected chi connectivity index (χ3v) is 2.04. The summed E-state index contributed by atoms with van der Waals surface area (Å²) < 4.78 is 11.3. The zero-order chi connectivity index (χ0) is 10.4.